The van der Waals surface area contributed by atoms with Crippen molar-refractivity contribution >= 4 is 11.6 Å². The Morgan fingerprint density at radius 3 is 2.48 bits per heavy atom. The summed E-state index contributed by atoms with van der Waals surface area (Å²) in [5.74, 6) is 0.372. The summed E-state index contributed by atoms with van der Waals surface area (Å²) in [6.45, 7) is 5.58. The highest BCUT2D eigenvalue weighted by Gasteiger charge is 2.20. The Labute approximate surface area is 182 Å². The van der Waals surface area contributed by atoms with Gasteiger partial charge in [-0.1, -0.05) is 36.4 Å². The third-order valence-electron chi connectivity index (χ3n) is 6.21. The summed E-state index contributed by atoms with van der Waals surface area (Å²) in [7, 11) is 0. The normalized spacial score (nSPS) is 16.9. The average Bonchev–Trinajstić information content (AvgIpc) is 3.45. The van der Waals surface area contributed by atoms with Gasteiger partial charge in [0, 0.05) is 38.4 Å². The van der Waals surface area contributed by atoms with E-state index in [0.29, 0.717) is 18.1 Å². The van der Waals surface area contributed by atoms with Gasteiger partial charge in [-0.05, 0) is 48.1 Å². The van der Waals surface area contributed by atoms with Gasteiger partial charge in [-0.3, -0.25) is 14.6 Å². The van der Waals surface area contributed by atoms with Crippen molar-refractivity contribution in [3.05, 3.63) is 83.1 Å². The third kappa shape index (κ3) is 4.86. The molecule has 1 aliphatic carbocycles. The molecule has 0 saturated carbocycles. The molecule has 6 heteroatoms. The van der Waals surface area contributed by atoms with Crippen LogP contribution in [0.15, 0.2) is 59.2 Å². The number of nitrogens with one attached hydrogen (secondary N) is 1. The first-order valence-corrected chi connectivity index (χ1v) is 11.1. The summed E-state index contributed by atoms with van der Waals surface area (Å²) in [5, 5.41) is 2.95. The minimum absolute atomic E-state index is 0.222. The van der Waals surface area contributed by atoms with Gasteiger partial charge in [0.15, 0.2) is 5.69 Å². The van der Waals surface area contributed by atoms with Crippen LogP contribution in [0.5, 0.6) is 0 Å². The van der Waals surface area contributed by atoms with E-state index in [-0.39, 0.29) is 5.91 Å². The maximum atomic E-state index is 12.6. The van der Waals surface area contributed by atoms with Crippen LogP contribution in [0, 0.1) is 0 Å². The number of carbonyl (C=O) groups is 1. The zero-order valence-corrected chi connectivity index (χ0v) is 17.7. The van der Waals surface area contributed by atoms with Crippen LogP contribution in [0.25, 0.3) is 0 Å². The second kappa shape index (κ2) is 9.04. The average molecular weight is 417 g/mol. The molecule has 2 aromatic carbocycles. The lowest BCUT2D eigenvalue weighted by Crippen LogP contribution is -2.45. The van der Waals surface area contributed by atoms with Crippen LogP contribution in [0.4, 0.5) is 5.69 Å². The molecule has 1 aliphatic heterocycles. The van der Waals surface area contributed by atoms with Gasteiger partial charge in [0.05, 0.1) is 6.54 Å². The Bertz CT molecular complexity index is 1040. The Kier molecular flexibility index (Phi) is 5.82. The molecule has 0 atom stereocenters. The highest BCUT2D eigenvalue weighted by atomic mass is 16.3. The summed E-state index contributed by atoms with van der Waals surface area (Å²) >= 11 is 0. The van der Waals surface area contributed by atoms with Crippen molar-refractivity contribution < 1.29 is 9.21 Å². The van der Waals surface area contributed by atoms with Gasteiger partial charge in [-0.2, -0.15) is 0 Å². The first kappa shape index (κ1) is 20.0. The number of nitrogens with zero attached hydrogens (tertiary/aromatic N) is 3. The Morgan fingerprint density at radius 2 is 1.68 bits per heavy atom. The third-order valence-corrected chi connectivity index (χ3v) is 6.21. The number of piperazine rings is 1. The number of fused-ring (bicyclic) bond motifs is 1. The van der Waals surface area contributed by atoms with E-state index in [4.69, 9.17) is 4.42 Å². The number of hydrogen-bond donors (Lipinski definition) is 1. The molecule has 0 spiro atoms. The summed E-state index contributed by atoms with van der Waals surface area (Å²) in [4.78, 5) is 21.8. The largest absolute Gasteiger partial charge is 0.447 e. The van der Waals surface area contributed by atoms with Crippen LogP contribution in [-0.2, 0) is 25.9 Å². The number of hydrogen-bond acceptors (Lipinski definition) is 5. The molecule has 160 valence electrons. The highest BCUT2D eigenvalue weighted by molar-refractivity contribution is 6.02. The molecule has 0 radical (unpaired) electrons. The zero-order valence-electron chi connectivity index (χ0n) is 17.7. The Hall–Kier alpha value is -2.96. The molecule has 3 aromatic rings. The number of carbonyl (C=O) groups excluding carboxylic acids is 1. The summed E-state index contributed by atoms with van der Waals surface area (Å²) < 4.78 is 5.60. The predicted molar refractivity (Wildman–Crippen MR) is 120 cm³/mol. The minimum atomic E-state index is -0.222. The number of aromatic nitrogens is 1. The van der Waals surface area contributed by atoms with Crippen molar-refractivity contribution in [1.29, 1.82) is 0 Å². The number of aryl methyl sites for hydroxylation is 2. The van der Waals surface area contributed by atoms with Crippen LogP contribution in [0.1, 0.15) is 39.5 Å². The SMILES string of the molecule is O=C(Nc1ccc2c(c1)CCC2)c1coc(CN2CCN(Cc3ccccc3)CC2)n1. The molecule has 0 bridgehead atoms. The molecule has 31 heavy (non-hydrogen) atoms. The van der Waals surface area contributed by atoms with E-state index in [9.17, 15) is 4.79 Å². The number of oxazole rings is 1. The Balaban J connectivity index is 1.12. The quantitative estimate of drug-likeness (QED) is 0.663. The molecule has 1 amide bonds. The molecule has 2 aliphatic rings. The number of amides is 1. The van der Waals surface area contributed by atoms with E-state index in [1.165, 1.54) is 29.4 Å². The second-order valence-electron chi connectivity index (χ2n) is 8.46. The molecule has 6 nitrogen and oxygen atoms in total. The lowest BCUT2D eigenvalue weighted by atomic mass is 10.1. The summed E-state index contributed by atoms with van der Waals surface area (Å²) in [6, 6.07) is 16.7. The van der Waals surface area contributed by atoms with Gasteiger partial charge >= 0.3 is 0 Å². The van der Waals surface area contributed by atoms with Gasteiger partial charge in [0.2, 0.25) is 5.89 Å². The van der Waals surface area contributed by atoms with E-state index in [1.807, 2.05) is 6.07 Å². The molecule has 1 aromatic heterocycles. The van der Waals surface area contributed by atoms with Crippen molar-refractivity contribution in [2.75, 3.05) is 31.5 Å². The monoisotopic (exact) mass is 416 g/mol. The standard InChI is InChI=1S/C25H28N4O2/c30-25(26-22-10-9-20-7-4-8-21(20)15-22)23-18-31-24(27-23)17-29-13-11-28(12-14-29)16-19-5-2-1-3-6-19/h1-3,5-6,9-10,15,18H,4,7-8,11-14,16-17H2,(H,26,30). The summed E-state index contributed by atoms with van der Waals surface area (Å²) in [5.41, 5.74) is 5.24. The maximum Gasteiger partial charge on any atom is 0.277 e. The van der Waals surface area contributed by atoms with E-state index in [0.717, 1.165) is 51.3 Å². The van der Waals surface area contributed by atoms with E-state index < -0.39 is 0 Å². The molecule has 2 heterocycles. The van der Waals surface area contributed by atoms with Gasteiger partial charge < -0.3 is 9.73 Å². The zero-order chi connectivity index (χ0) is 21.0. The fourth-order valence-electron chi connectivity index (χ4n) is 4.47. The van der Waals surface area contributed by atoms with Gasteiger partial charge in [-0.15, -0.1) is 0 Å². The van der Waals surface area contributed by atoms with Gasteiger partial charge in [0.25, 0.3) is 5.91 Å². The Morgan fingerprint density at radius 1 is 0.935 bits per heavy atom. The van der Waals surface area contributed by atoms with Crippen LogP contribution < -0.4 is 5.32 Å². The predicted octanol–water partition coefficient (Wildman–Crippen LogP) is 3.73. The fourth-order valence-corrected chi connectivity index (χ4v) is 4.47. The molecular formula is C25H28N4O2. The fraction of sp³-hybridized carbons (Fsp3) is 0.360. The maximum absolute atomic E-state index is 12.6. The molecular weight excluding hydrogens is 388 g/mol. The van der Waals surface area contributed by atoms with E-state index in [2.05, 4.69) is 62.6 Å². The molecule has 1 N–H and O–H groups in total. The van der Waals surface area contributed by atoms with Crippen molar-refractivity contribution in [2.45, 2.75) is 32.4 Å². The van der Waals surface area contributed by atoms with Crippen molar-refractivity contribution in [1.82, 2.24) is 14.8 Å². The van der Waals surface area contributed by atoms with Crippen molar-refractivity contribution in [3.8, 4) is 0 Å². The van der Waals surface area contributed by atoms with Crippen molar-refractivity contribution in [2.24, 2.45) is 0 Å². The number of anilines is 1. The molecule has 1 fully saturated rings. The topological polar surface area (TPSA) is 61.6 Å². The van der Waals surface area contributed by atoms with E-state index >= 15 is 0 Å². The molecule has 0 unspecified atom stereocenters. The van der Waals surface area contributed by atoms with Crippen LogP contribution in [-0.4, -0.2) is 46.9 Å². The van der Waals surface area contributed by atoms with Gasteiger partial charge in [0.1, 0.15) is 6.26 Å². The lowest BCUT2D eigenvalue weighted by Gasteiger charge is -2.34. The smallest absolute Gasteiger partial charge is 0.277 e. The van der Waals surface area contributed by atoms with Crippen LogP contribution in [0.3, 0.4) is 0 Å². The van der Waals surface area contributed by atoms with Crippen molar-refractivity contribution in [3.63, 3.8) is 0 Å². The first-order valence-electron chi connectivity index (χ1n) is 11.1. The molecule has 5 rings (SSSR count). The summed E-state index contributed by atoms with van der Waals surface area (Å²) in [6.07, 6.45) is 4.88. The molecule has 1 saturated heterocycles. The second-order valence-corrected chi connectivity index (χ2v) is 8.46. The van der Waals surface area contributed by atoms with E-state index in [1.54, 1.807) is 0 Å². The van der Waals surface area contributed by atoms with Crippen LogP contribution >= 0.6 is 0 Å². The first-order chi connectivity index (χ1) is 15.2. The number of benzene rings is 2. The highest BCUT2D eigenvalue weighted by Crippen LogP contribution is 2.25. The minimum Gasteiger partial charge on any atom is -0.447 e. The lowest BCUT2D eigenvalue weighted by molar-refractivity contribution is 0.102. The van der Waals surface area contributed by atoms with Gasteiger partial charge in [-0.25, -0.2) is 4.98 Å². The number of rotatable bonds is 6. The van der Waals surface area contributed by atoms with Crippen LogP contribution in [0.2, 0.25) is 0 Å².